The van der Waals surface area contributed by atoms with Gasteiger partial charge >= 0.3 is 12.0 Å². The number of hydrogen-bond acceptors (Lipinski definition) is 6. The Balaban J connectivity index is 1.93. The molecule has 0 saturated heterocycles. The predicted molar refractivity (Wildman–Crippen MR) is 93.4 cm³/mol. The number of rotatable bonds is 6. The van der Waals surface area contributed by atoms with Gasteiger partial charge in [-0.05, 0) is 24.3 Å². The average molecular weight is 376 g/mol. The smallest absolute Gasteiger partial charge is 0.346 e. The SMILES string of the molecule is COc1cccc(OC)c1C(=O)OCC(=O)NC(=O)Nc1ccccc1F. The second-order valence-electron chi connectivity index (χ2n) is 5.10. The first kappa shape index (κ1) is 19.7. The van der Waals surface area contributed by atoms with Gasteiger partial charge in [-0.2, -0.15) is 0 Å². The zero-order valence-corrected chi connectivity index (χ0v) is 14.6. The topological polar surface area (TPSA) is 103 Å². The number of carbonyl (C=O) groups excluding carboxylic acids is 3. The molecule has 0 radical (unpaired) electrons. The molecule has 9 heteroatoms. The van der Waals surface area contributed by atoms with Crippen LogP contribution in [0.25, 0.3) is 0 Å². The standard InChI is InChI=1S/C18H17FN2O6/c1-25-13-8-5-9-14(26-2)16(13)17(23)27-10-15(22)21-18(24)20-12-7-4-3-6-11(12)19/h3-9H,10H2,1-2H3,(H2,20,21,22,24). The summed E-state index contributed by atoms with van der Waals surface area (Å²) in [5.74, 6) is -2.01. The van der Waals surface area contributed by atoms with Gasteiger partial charge in [0.25, 0.3) is 5.91 Å². The van der Waals surface area contributed by atoms with Gasteiger partial charge in [-0.15, -0.1) is 0 Å². The maximum absolute atomic E-state index is 13.5. The summed E-state index contributed by atoms with van der Waals surface area (Å²) in [6.45, 7) is -0.731. The number of anilines is 1. The minimum Gasteiger partial charge on any atom is -0.496 e. The van der Waals surface area contributed by atoms with Crippen LogP contribution in [0.2, 0.25) is 0 Å². The first-order valence-electron chi connectivity index (χ1n) is 7.69. The lowest BCUT2D eigenvalue weighted by atomic mass is 10.2. The van der Waals surface area contributed by atoms with Gasteiger partial charge in [0.1, 0.15) is 22.9 Å². The van der Waals surface area contributed by atoms with E-state index < -0.39 is 30.3 Å². The Bertz CT molecular complexity index is 833. The van der Waals surface area contributed by atoms with Crippen LogP contribution in [0.1, 0.15) is 10.4 Å². The molecule has 27 heavy (non-hydrogen) atoms. The molecule has 0 aliphatic carbocycles. The number of halogens is 1. The lowest BCUT2D eigenvalue weighted by molar-refractivity contribution is -0.123. The Morgan fingerprint density at radius 2 is 1.59 bits per heavy atom. The summed E-state index contributed by atoms with van der Waals surface area (Å²) in [7, 11) is 2.73. The van der Waals surface area contributed by atoms with E-state index in [0.717, 1.165) is 6.07 Å². The highest BCUT2D eigenvalue weighted by Gasteiger charge is 2.21. The summed E-state index contributed by atoms with van der Waals surface area (Å²) in [6.07, 6.45) is 0. The molecule has 0 spiro atoms. The molecule has 0 aliphatic heterocycles. The molecule has 0 saturated carbocycles. The van der Waals surface area contributed by atoms with Crippen LogP contribution in [0, 0.1) is 5.82 Å². The third-order valence-electron chi connectivity index (χ3n) is 3.34. The molecule has 2 aromatic carbocycles. The van der Waals surface area contributed by atoms with Crippen molar-refractivity contribution in [2.75, 3.05) is 26.1 Å². The quantitative estimate of drug-likeness (QED) is 0.750. The van der Waals surface area contributed by atoms with Gasteiger partial charge in [-0.3, -0.25) is 10.1 Å². The van der Waals surface area contributed by atoms with Gasteiger partial charge < -0.3 is 19.5 Å². The normalized spacial score (nSPS) is 9.89. The minimum absolute atomic E-state index is 0.00566. The lowest BCUT2D eigenvalue weighted by Gasteiger charge is -2.12. The van der Waals surface area contributed by atoms with Gasteiger partial charge in [0.05, 0.1) is 19.9 Å². The highest BCUT2D eigenvalue weighted by molar-refractivity contribution is 6.03. The monoisotopic (exact) mass is 376 g/mol. The number of carbonyl (C=O) groups is 3. The van der Waals surface area contributed by atoms with E-state index in [4.69, 9.17) is 14.2 Å². The van der Waals surface area contributed by atoms with Crippen molar-refractivity contribution in [3.05, 3.63) is 53.8 Å². The van der Waals surface area contributed by atoms with E-state index in [-0.39, 0.29) is 22.7 Å². The summed E-state index contributed by atoms with van der Waals surface area (Å²) in [5, 5.41) is 4.09. The zero-order chi connectivity index (χ0) is 19.8. The first-order chi connectivity index (χ1) is 13.0. The maximum Gasteiger partial charge on any atom is 0.346 e. The second-order valence-corrected chi connectivity index (χ2v) is 5.10. The van der Waals surface area contributed by atoms with Gasteiger partial charge in [0.15, 0.2) is 6.61 Å². The van der Waals surface area contributed by atoms with Crippen molar-refractivity contribution >= 4 is 23.6 Å². The highest BCUT2D eigenvalue weighted by Crippen LogP contribution is 2.28. The Kier molecular flexibility index (Phi) is 6.70. The Morgan fingerprint density at radius 1 is 0.963 bits per heavy atom. The fourth-order valence-electron chi connectivity index (χ4n) is 2.13. The predicted octanol–water partition coefficient (Wildman–Crippen LogP) is 2.35. The number of esters is 1. The molecule has 8 nitrogen and oxygen atoms in total. The number of amides is 3. The molecule has 0 aliphatic rings. The maximum atomic E-state index is 13.5. The molecule has 0 heterocycles. The molecular weight excluding hydrogens is 359 g/mol. The number of methoxy groups -OCH3 is 2. The third-order valence-corrected chi connectivity index (χ3v) is 3.34. The molecule has 0 aromatic heterocycles. The van der Waals surface area contributed by atoms with Crippen LogP contribution in [0.4, 0.5) is 14.9 Å². The van der Waals surface area contributed by atoms with E-state index in [2.05, 4.69) is 5.32 Å². The number of hydrogen-bond donors (Lipinski definition) is 2. The fraction of sp³-hybridized carbons (Fsp3) is 0.167. The molecule has 2 aromatic rings. The van der Waals surface area contributed by atoms with Crippen LogP contribution < -0.4 is 20.1 Å². The fourth-order valence-corrected chi connectivity index (χ4v) is 2.13. The van der Waals surface area contributed by atoms with E-state index in [1.54, 1.807) is 6.07 Å². The van der Waals surface area contributed by atoms with Gasteiger partial charge in [-0.1, -0.05) is 18.2 Å². The summed E-state index contributed by atoms with van der Waals surface area (Å²) < 4.78 is 28.5. The first-order valence-corrected chi connectivity index (χ1v) is 7.69. The number of urea groups is 1. The highest BCUT2D eigenvalue weighted by atomic mass is 19.1. The van der Waals surface area contributed by atoms with Gasteiger partial charge in [-0.25, -0.2) is 14.0 Å². The molecule has 0 fully saturated rings. The van der Waals surface area contributed by atoms with Crippen LogP contribution in [0.15, 0.2) is 42.5 Å². The van der Waals surface area contributed by atoms with Crippen LogP contribution >= 0.6 is 0 Å². The number of nitrogens with one attached hydrogen (secondary N) is 2. The zero-order valence-electron chi connectivity index (χ0n) is 14.6. The number of ether oxygens (including phenoxy) is 3. The Hall–Kier alpha value is -3.62. The number of benzene rings is 2. The van der Waals surface area contributed by atoms with Crippen molar-refractivity contribution in [1.82, 2.24) is 5.32 Å². The molecule has 2 rings (SSSR count). The summed E-state index contributed by atoms with van der Waals surface area (Å²) >= 11 is 0. The molecule has 3 amide bonds. The van der Waals surface area contributed by atoms with E-state index >= 15 is 0 Å². The van der Waals surface area contributed by atoms with Gasteiger partial charge in [0.2, 0.25) is 0 Å². The van der Waals surface area contributed by atoms with Crippen molar-refractivity contribution in [2.24, 2.45) is 0 Å². The summed E-state index contributed by atoms with van der Waals surface area (Å²) in [5.41, 5.74) is -0.0929. The molecule has 142 valence electrons. The van der Waals surface area contributed by atoms with Crippen molar-refractivity contribution in [3.8, 4) is 11.5 Å². The molecular formula is C18H17FN2O6. The van der Waals surface area contributed by atoms with Crippen molar-refractivity contribution < 1.29 is 33.0 Å². The summed E-state index contributed by atoms with van der Waals surface area (Å²) in [4.78, 5) is 35.7. The van der Waals surface area contributed by atoms with Crippen molar-refractivity contribution in [3.63, 3.8) is 0 Å². The second kappa shape index (κ2) is 9.18. The number of para-hydroxylation sites is 1. The third kappa shape index (κ3) is 5.18. The largest absolute Gasteiger partial charge is 0.496 e. The molecule has 0 unspecified atom stereocenters. The van der Waals surface area contributed by atoms with Crippen molar-refractivity contribution in [2.45, 2.75) is 0 Å². The van der Waals surface area contributed by atoms with Crippen LogP contribution in [0.3, 0.4) is 0 Å². The van der Waals surface area contributed by atoms with Crippen molar-refractivity contribution in [1.29, 1.82) is 0 Å². The Morgan fingerprint density at radius 3 is 2.19 bits per heavy atom. The average Bonchev–Trinajstić information content (AvgIpc) is 2.67. The van der Waals surface area contributed by atoms with Crippen LogP contribution in [-0.4, -0.2) is 38.7 Å². The lowest BCUT2D eigenvalue weighted by Crippen LogP contribution is -2.37. The van der Waals surface area contributed by atoms with E-state index in [0.29, 0.717) is 0 Å². The van der Waals surface area contributed by atoms with Crippen LogP contribution in [-0.2, 0) is 9.53 Å². The van der Waals surface area contributed by atoms with E-state index in [1.807, 2.05) is 5.32 Å². The Labute approximate surface area is 154 Å². The van der Waals surface area contributed by atoms with Gasteiger partial charge in [0, 0.05) is 0 Å². The van der Waals surface area contributed by atoms with E-state index in [1.165, 1.54) is 44.6 Å². The molecule has 0 bridgehead atoms. The molecule has 0 atom stereocenters. The van der Waals surface area contributed by atoms with Crippen LogP contribution in [0.5, 0.6) is 11.5 Å². The molecule has 2 N–H and O–H groups in total. The number of imide groups is 1. The minimum atomic E-state index is -0.962. The summed E-state index contributed by atoms with van der Waals surface area (Å²) in [6, 6.07) is 9.16. The van der Waals surface area contributed by atoms with E-state index in [9.17, 15) is 18.8 Å².